The lowest BCUT2D eigenvalue weighted by Gasteiger charge is -2.20. The quantitative estimate of drug-likeness (QED) is 0.526. The van der Waals surface area contributed by atoms with Crippen molar-refractivity contribution in [1.82, 2.24) is 10.6 Å². The Bertz CT molecular complexity index is 731. The van der Waals surface area contributed by atoms with Crippen LogP contribution in [-0.2, 0) is 11.2 Å². The van der Waals surface area contributed by atoms with Crippen molar-refractivity contribution in [2.24, 2.45) is 16.6 Å². The number of hydrogen-bond donors (Lipinski definition) is 3. The smallest absolute Gasteiger partial charge is 0.222 e. The summed E-state index contributed by atoms with van der Waals surface area (Å²) in [7, 11) is 1.67. The summed E-state index contributed by atoms with van der Waals surface area (Å²) in [5, 5.41) is 6.43. The second kappa shape index (κ2) is 9.56. The molecule has 0 fully saturated rings. The summed E-state index contributed by atoms with van der Waals surface area (Å²) in [5.74, 6) is -0.548. The number of carbonyl (C=O) groups is 1. The van der Waals surface area contributed by atoms with E-state index in [0.29, 0.717) is 18.9 Å². The number of guanidine groups is 1. The fraction of sp³-hybridized carbons (Fsp3) is 0.300. The number of aliphatic imine (C=N–C) groups is 1. The van der Waals surface area contributed by atoms with Gasteiger partial charge >= 0.3 is 0 Å². The van der Waals surface area contributed by atoms with Crippen molar-refractivity contribution in [3.63, 3.8) is 0 Å². The van der Waals surface area contributed by atoms with Gasteiger partial charge in [0.05, 0.1) is 12.0 Å². The van der Waals surface area contributed by atoms with Crippen LogP contribution in [0.15, 0.2) is 59.6 Å². The van der Waals surface area contributed by atoms with Crippen LogP contribution in [0.2, 0.25) is 0 Å². The van der Waals surface area contributed by atoms with Gasteiger partial charge in [0.15, 0.2) is 5.96 Å². The van der Waals surface area contributed by atoms with Gasteiger partial charge in [0, 0.05) is 13.6 Å². The minimum atomic E-state index is -0.425. The highest BCUT2D eigenvalue weighted by atomic mass is 19.1. The monoisotopic (exact) mass is 356 g/mol. The van der Waals surface area contributed by atoms with Gasteiger partial charge in [0.1, 0.15) is 5.82 Å². The third-order valence-corrected chi connectivity index (χ3v) is 4.19. The van der Waals surface area contributed by atoms with Crippen LogP contribution >= 0.6 is 0 Å². The minimum Gasteiger partial charge on any atom is -0.369 e. The summed E-state index contributed by atoms with van der Waals surface area (Å²) in [6, 6.07) is 16.1. The van der Waals surface area contributed by atoms with Crippen molar-refractivity contribution >= 4 is 11.9 Å². The summed E-state index contributed by atoms with van der Waals surface area (Å²) >= 11 is 0. The molecule has 138 valence electrons. The van der Waals surface area contributed by atoms with E-state index in [1.165, 1.54) is 12.1 Å². The minimum absolute atomic E-state index is 0.0616. The van der Waals surface area contributed by atoms with E-state index in [4.69, 9.17) is 5.73 Å². The number of carbonyl (C=O) groups excluding carboxylic acids is 1. The highest BCUT2D eigenvalue weighted by molar-refractivity contribution is 5.82. The summed E-state index contributed by atoms with van der Waals surface area (Å²) in [6.07, 6.45) is 0.438. The van der Waals surface area contributed by atoms with E-state index in [-0.39, 0.29) is 11.9 Å². The van der Waals surface area contributed by atoms with E-state index in [0.717, 1.165) is 11.1 Å². The summed E-state index contributed by atoms with van der Waals surface area (Å²) in [6.45, 7) is 2.38. The van der Waals surface area contributed by atoms with E-state index in [9.17, 15) is 9.18 Å². The molecule has 5 nitrogen and oxygen atoms in total. The predicted molar refractivity (Wildman–Crippen MR) is 102 cm³/mol. The van der Waals surface area contributed by atoms with Crippen molar-refractivity contribution in [3.8, 4) is 0 Å². The molecule has 0 radical (unpaired) electrons. The van der Waals surface area contributed by atoms with Gasteiger partial charge in [-0.2, -0.15) is 0 Å². The van der Waals surface area contributed by atoms with E-state index < -0.39 is 11.8 Å². The van der Waals surface area contributed by atoms with Crippen molar-refractivity contribution in [3.05, 3.63) is 71.5 Å². The normalized spacial score (nSPS) is 13.7. The van der Waals surface area contributed by atoms with Gasteiger partial charge in [0.25, 0.3) is 0 Å². The van der Waals surface area contributed by atoms with E-state index in [2.05, 4.69) is 15.6 Å². The fourth-order valence-electron chi connectivity index (χ4n) is 2.62. The Morgan fingerprint density at radius 3 is 2.38 bits per heavy atom. The molecular formula is C20H25FN4O. The molecule has 0 bridgehead atoms. The number of amides is 1. The molecule has 2 unspecified atom stereocenters. The molecule has 4 N–H and O–H groups in total. The third kappa shape index (κ3) is 5.88. The number of rotatable bonds is 7. The second-order valence-corrected chi connectivity index (χ2v) is 6.16. The number of halogens is 1. The number of nitrogens with one attached hydrogen (secondary N) is 2. The predicted octanol–water partition coefficient (Wildman–Crippen LogP) is 2.40. The van der Waals surface area contributed by atoms with Gasteiger partial charge in [-0.1, -0.05) is 42.5 Å². The lowest BCUT2D eigenvalue weighted by molar-refractivity contribution is -0.121. The molecule has 0 aromatic heterocycles. The topological polar surface area (TPSA) is 79.5 Å². The number of nitrogens with zero attached hydrogens (tertiary/aromatic N) is 1. The van der Waals surface area contributed by atoms with E-state index in [1.54, 1.807) is 19.2 Å². The molecule has 0 aliphatic carbocycles. The molecule has 0 spiro atoms. The summed E-state index contributed by atoms with van der Waals surface area (Å²) < 4.78 is 13.0. The van der Waals surface area contributed by atoms with Crippen molar-refractivity contribution in [2.45, 2.75) is 19.4 Å². The molecule has 0 heterocycles. The van der Waals surface area contributed by atoms with Gasteiger partial charge in [-0.3, -0.25) is 9.79 Å². The molecule has 0 saturated heterocycles. The lowest BCUT2D eigenvalue weighted by Crippen LogP contribution is -2.43. The molecular weight excluding hydrogens is 331 g/mol. The second-order valence-electron chi connectivity index (χ2n) is 6.16. The van der Waals surface area contributed by atoms with Gasteiger partial charge in [-0.15, -0.1) is 0 Å². The van der Waals surface area contributed by atoms with Crippen molar-refractivity contribution in [1.29, 1.82) is 0 Å². The van der Waals surface area contributed by atoms with Crippen LogP contribution in [0.3, 0.4) is 0 Å². The van der Waals surface area contributed by atoms with E-state index >= 15 is 0 Å². The van der Waals surface area contributed by atoms with Crippen LogP contribution < -0.4 is 16.4 Å². The van der Waals surface area contributed by atoms with Crippen LogP contribution in [0.5, 0.6) is 0 Å². The number of benzene rings is 2. The van der Waals surface area contributed by atoms with Gasteiger partial charge in [0.2, 0.25) is 5.91 Å². The number of primary amides is 1. The van der Waals surface area contributed by atoms with Crippen LogP contribution in [0.4, 0.5) is 4.39 Å². The zero-order valence-corrected chi connectivity index (χ0v) is 15.1. The van der Waals surface area contributed by atoms with Gasteiger partial charge in [-0.05, 0) is 36.6 Å². The Labute approximate surface area is 153 Å². The Kier molecular flexibility index (Phi) is 7.14. The molecule has 2 aromatic carbocycles. The van der Waals surface area contributed by atoms with Gasteiger partial charge in [-0.25, -0.2) is 4.39 Å². The SMILES string of the molecule is CN=C(NCC(Cc1ccc(F)cc1)C(N)=O)NC(C)c1ccccc1. The van der Waals surface area contributed by atoms with Crippen LogP contribution in [-0.4, -0.2) is 25.5 Å². The zero-order valence-electron chi connectivity index (χ0n) is 15.1. The Hall–Kier alpha value is -2.89. The standard InChI is InChI=1S/C20H25FN4O/c1-14(16-6-4-3-5-7-16)25-20(23-2)24-13-17(19(22)26)12-15-8-10-18(21)11-9-15/h3-11,14,17H,12-13H2,1-2H3,(H2,22,26)(H2,23,24,25). The molecule has 2 atom stereocenters. The lowest BCUT2D eigenvalue weighted by atomic mass is 9.98. The Morgan fingerprint density at radius 2 is 1.81 bits per heavy atom. The highest BCUT2D eigenvalue weighted by Gasteiger charge is 2.17. The first kappa shape index (κ1) is 19.4. The third-order valence-electron chi connectivity index (χ3n) is 4.19. The maximum absolute atomic E-state index is 13.0. The average Bonchev–Trinajstić information content (AvgIpc) is 2.65. The van der Waals surface area contributed by atoms with Crippen LogP contribution in [0.25, 0.3) is 0 Å². The maximum atomic E-state index is 13.0. The highest BCUT2D eigenvalue weighted by Crippen LogP contribution is 2.12. The molecule has 2 aromatic rings. The fourth-order valence-corrected chi connectivity index (χ4v) is 2.62. The molecule has 0 aliphatic rings. The molecule has 6 heteroatoms. The van der Waals surface area contributed by atoms with Gasteiger partial charge < -0.3 is 16.4 Å². The van der Waals surface area contributed by atoms with E-state index in [1.807, 2.05) is 37.3 Å². The van der Waals surface area contributed by atoms with Crippen LogP contribution in [0.1, 0.15) is 24.1 Å². The molecule has 0 aliphatic heterocycles. The summed E-state index contributed by atoms with van der Waals surface area (Å²) in [5.41, 5.74) is 7.51. The van der Waals surface area contributed by atoms with Crippen molar-refractivity contribution < 1.29 is 9.18 Å². The number of hydrogen-bond acceptors (Lipinski definition) is 2. The van der Waals surface area contributed by atoms with Crippen LogP contribution in [0, 0.1) is 11.7 Å². The molecule has 26 heavy (non-hydrogen) atoms. The number of nitrogens with two attached hydrogens (primary N) is 1. The Morgan fingerprint density at radius 1 is 1.15 bits per heavy atom. The first-order valence-electron chi connectivity index (χ1n) is 8.55. The first-order chi connectivity index (χ1) is 12.5. The first-order valence-corrected chi connectivity index (χ1v) is 8.55. The molecule has 1 amide bonds. The largest absolute Gasteiger partial charge is 0.369 e. The average molecular weight is 356 g/mol. The van der Waals surface area contributed by atoms with Crippen molar-refractivity contribution in [2.75, 3.05) is 13.6 Å². The molecule has 2 rings (SSSR count). The zero-order chi connectivity index (χ0) is 18.9. The maximum Gasteiger partial charge on any atom is 0.222 e. The summed E-state index contributed by atoms with van der Waals surface area (Å²) in [4.78, 5) is 16.0. The molecule has 0 saturated carbocycles. The Balaban J connectivity index is 1.93.